The molecule has 142 valence electrons. The Bertz CT molecular complexity index is 821. The molecule has 7 nitrogen and oxygen atoms in total. The summed E-state index contributed by atoms with van der Waals surface area (Å²) in [5.41, 5.74) is 0.739. The van der Waals surface area contributed by atoms with Crippen molar-refractivity contribution in [2.45, 2.75) is 12.8 Å². The van der Waals surface area contributed by atoms with E-state index in [1.165, 1.54) is 6.07 Å². The molecular weight excluding hydrogens is 414 g/mol. The van der Waals surface area contributed by atoms with Crippen molar-refractivity contribution < 1.29 is 18.8 Å². The second kappa shape index (κ2) is 8.85. The first-order valence-corrected chi connectivity index (χ1v) is 9.49. The van der Waals surface area contributed by atoms with E-state index in [1.54, 1.807) is 11.0 Å². The second-order valence-electron chi connectivity index (χ2n) is 6.32. The van der Waals surface area contributed by atoms with Crippen molar-refractivity contribution in [1.29, 1.82) is 0 Å². The topological polar surface area (TPSA) is 91.7 Å². The Kier molecular flexibility index (Phi) is 6.28. The molecule has 1 fully saturated rings. The van der Waals surface area contributed by atoms with Crippen molar-refractivity contribution in [2.24, 2.45) is 5.92 Å². The first-order chi connectivity index (χ1) is 13.0. The van der Waals surface area contributed by atoms with E-state index in [9.17, 15) is 14.4 Å². The molecule has 0 spiro atoms. The number of carbonyl (C=O) groups is 3. The lowest BCUT2D eigenvalue weighted by atomic mass is 9.97. The molecular formula is C19H20BrN3O4. The summed E-state index contributed by atoms with van der Waals surface area (Å²) in [6, 6.07) is 12.4. The maximum atomic E-state index is 12.5. The van der Waals surface area contributed by atoms with Gasteiger partial charge in [-0.1, -0.05) is 18.2 Å². The molecule has 3 rings (SSSR count). The number of hydrogen-bond donors (Lipinski definition) is 2. The molecule has 0 bridgehead atoms. The highest BCUT2D eigenvalue weighted by Gasteiger charge is 2.28. The van der Waals surface area contributed by atoms with Crippen molar-refractivity contribution in [1.82, 2.24) is 10.2 Å². The van der Waals surface area contributed by atoms with Gasteiger partial charge >= 0.3 is 0 Å². The molecule has 1 aliphatic rings. The van der Waals surface area contributed by atoms with E-state index in [1.807, 2.05) is 30.3 Å². The molecule has 0 unspecified atom stereocenters. The summed E-state index contributed by atoms with van der Waals surface area (Å²) in [4.78, 5) is 38.4. The summed E-state index contributed by atoms with van der Waals surface area (Å²) in [5, 5.41) is 5.43. The van der Waals surface area contributed by atoms with Gasteiger partial charge in [0.1, 0.15) is 0 Å². The number of rotatable bonds is 5. The fraction of sp³-hybridized carbons (Fsp3) is 0.316. The number of hydrogen-bond acceptors (Lipinski definition) is 4. The predicted octanol–water partition coefficient (Wildman–Crippen LogP) is 2.65. The molecule has 27 heavy (non-hydrogen) atoms. The fourth-order valence-electron chi connectivity index (χ4n) is 2.97. The van der Waals surface area contributed by atoms with Crippen LogP contribution in [-0.2, 0) is 9.59 Å². The van der Waals surface area contributed by atoms with E-state index in [0.717, 1.165) is 18.5 Å². The number of anilines is 1. The van der Waals surface area contributed by atoms with Crippen LogP contribution in [0.1, 0.15) is 23.4 Å². The molecule has 3 amide bonds. The van der Waals surface area contributed by atoms with Gasteiger partial charge in [0.2, 0.25) is 11.8 Å². The predicted molar refractivity (Wildman–Crippen MR) is 103 cm³/mol. The van der Waals surface area contributed by atoms with Gasteiger partial charge in [0, 0.05) is 18.8 Å². The van der Waals surface area contributed by atoms with Crippen LogP contribution in [0.3, 0.4) is 0 Å². The van der Waals surface area contributed by atoms with Crippen LogP contribution in [-0.4, -0.2) is 42.3 Å². The lowest BCUT2D eigenvalue weighted by Gasteiger charge is -2.32. The number of piperidine rings is 1. The fourth-order valence-corrected chi connectivity index (χ4v) is 3.28. The van der Waals surface area contributed by atoms with E-state index >= 15 is 0 Å². The lowest BCUT2D eigenvalue weighted by molar-refractivity contribution is -0.133. The molecule has 0 saturated carbocycles. The van der Waals surface area contributed by atoms with Gasteiger partial charge in [-0.15, -0.1) is 0 Å². The maximum Gasteiger partial charge on any atom is 0.287 e. The van der Waals surface area contributed by atoms with Gasteiger partial charge in [0.25, 0.3) is 5.91 Å². The van der Waals surface area contributed by atoms with Crippen molar-refractivity contribution in [3.05, 3.63) is 52.9 Å². The molecule has 2 heterocycles. The highest BCUT2D eigenvalue weighted by molar-refractivity contribution is 9.10. The highest BCUT2D eigenvalue weighted by Crippen LogP contribution is 2.19. The summed E-state index contributed by atoms with van der Waals surface area (Å²) in [5.74, 6) is -0.896. The molecule has 1 aromatic carbocycles. The van der Waals surface area contributed by atoms with Gasteiger partial charge in [-0.3, -0.25) is 14.4 Å². The van der Waals surface area contributed by atoms with Crippen LogP contribution < -0.4 is 10.6 Å². The zero-order valence-corrected chi connectivity index (χ0v) is 16.2. The van der Waals surface area contributed by atoms with Crippen LogP contribution >= 0.6 is 15.9 Å². The number of para-hydroxylation sites is 1. The SMILES string of the molecule is O=C(NCC(=O)N1CCC[C@@H](C(=O)Nc2ccccc2)C1)c1ccc(Br)o1. The molecule has 1 aliphatic heterocycles. The van der Waals surface area contributed by atoms with Crippen LogP contribution in [0.2, 0.25) is 0 Å². The Morgan fingerprint density at radius 3 is 2.63 bits per heavy atom. The number of benzene rings is 1. The summed E-state index contributed by atoms with van der Waals surface area (Å²) >= 11 is 3.13. The van der Waals surface area contributed by atoms with Gasteiger partial charge < -0.3 is 20.0 Å². The molecule has 2 aromatic rings. The summed E-state index contributed by atoms with van der Waals surface area (Å²) in [7, 11) is 0. The number of amides is 3. The Labute approximate surface area is 165 Å². The van der Waals surface area contributed by atoms with Crippen LogP contribution in [0.25, 0.3) is 0 Å². The van der Waals surface area contributed by atoms with Gasteiger partial charge in [-0.25, -0.2) is 0 Å². The zero-order valence-electron chi connectivity index (χ0n) is 14.6. The third-order valence-electron chi connectivity index (χ3n) is 4.38. The maximum absolute atomic E-state index is 12.5. The minimum absolute atomic E-state index is 0.0943. The minimum Gasteiger partial charge on any atom is -0.444 e. The van der Waals surface area contributed by atoms with E-state index in [2.05, 4.69) is 26.6 Å². The molecule has 8 heteroatoms. The third-order valence-corrected chi connectivity index (χ3v) is 4.81. The first kappa shape index (κ1) is 19.2. The first-order valence-electron chi connectivity index (χ1n) is 8.70. The van der Waals surface area contributed by atoms with E-state index < -0.39 is 5.91 Å². The van der Waals surface area contributed by atoms with Crippen LogP contribution in [0.4, 0.5) is 5.69 Å². The third kappa shape index (κ3) is 5.19. The van der Waals surface area contributed by atoms with Crippen molar-refractivity contribution in [3.63, 3.8) is 0 Å². The number of furan rings is 1. The smallest absolute Gasteiger partial charge is 0.287 e. The molecule has 1 atom stereocenters. The van der Waals surface area contributed by atoms with Crippen LogP contribution in [0.15, 0.2) is 51.6 Å². The number of nitrogens with one attached hydrogen (secondary N) is 2. The minimum atomic E-state index is -0.454. The summed E-state index contributed by atoms with van der Waals surface area (Å²) < 4.78 is 5.60. The van der Waals surface area contributed by atoms with Crippen molar-refractivity contribution >= 4 is 39.3 Å². The molecule has 1 aromatic heterocycles. The normalized spacial score (nSPS) is 16.6. The van der Waals surface area contributed by atoms with E-state index in [4.69, 9.17) is 4.42 Å². The van der Waals surface area contributed by atoms with Gasteiger partial charge in [-0.05, 0) is 53.0 Å². The van der Waals surface area contributed by atoms with Crippen molar-refractivity contribution in [3.8, 4) is 0 Å². The average Bonchev–Trinajstić information content (AvgIpc) is 3.13. The second-order valence-corrected chi connectivity index (χ2v) is 7.10. The number of halogens is 1. The lowest BCUT2D eigenvalue weighted by Crippen LogP contribution is -2.47. The summed E-state index contributed by atoms with van der Waals surface area (Å²) in [6.07, 6.45) is 1.48. The van der Waals surface area contributed by atoms with E-state index in [0.29, 0.717) is 17.8 Å². The Morgan fingerprint density at radius 2 is 1.93 bits per heavy atom. The van der Waals surface area contributed by atoms with Gasteiger partial charge in [0.15, 0.2) is 10.4 Å². The summed E-state index contributed by atoms with van der Waals surface area (Å²) in [6.45, 7) is 0.792. The Morgan fingerprint density at radius 1 is 1.15 bits per heavy atom. The largest absolute Gasteiger partial charge is 0.444 e. The molecule has 2 N–H and O–H groups in total. The highest BCUT2D eigenvalue weighted by atomic mass is 79.9. The van der Waals surface area contributed by atoms with Crippen LogP contribution in [0.5, 0.6) is 0 Å². The standard InChI is InChI=1S/C19H20BrN3O4/c20-16-9-8-15(27-16)19(26)21-11-17(24)23-10-4-5-13(12-23)18(25)22-14-6-2-1-3-7-14/h1-3,6-9,13H,4-5,10-12H2,(H,21,26)(H,22,25)/t13-/m1/s1. The molecule has 0 aliphatic carbocycles. The van der Waals surface area contributed by atoms with E-state index in [-0.39, 0.29) is 30.0 Å². The van der Waals surface area contributed by atoms with Gasteiger partial charge in [-0.2, -0.15) is 0 Å². The van der Waals surface area contributed by atoms with Gasteiger partial charge in [0.05, 0.1) is 12.5 Å². The monoisotopic (exact) mass is 433 g/mol. The number of likely N-dealkylation sites (tertiary alicyclic amines) is 1. The zero-order chi connectivity index (χ0) is 19.2. The van der Waals surface area contributed by atoms with Crippen LogP contribution in [0, 0.1) is 5.92 Å². The quantitative estimate of drug-likeness (QED) is 0.757. The molecule has 1 saturated heterocycles. The molecule has 0 radical (unpaired) electrons. The number of nitrogens with zero attached hydrogens (tertiary/aromatic N) is 1. The Balaban J connectivity index is 1.50. The number of carbonyl (C=O) groups excluding carboxylic acids is 3. The Hall–Kier alpha value is -2.61. The van der Waals surface area contributed by atoms with Crippen molar-refractivity contribution in [2.75, 3.05) is 25.0 Å². The average molecular weight is 434 g/mol.